The predicted molar refractivity (Wildman–Crippen MR) is 87.6 cm³/mol. The van der Waals surface area contributed by atoms with Crippen molar-refractivity contribution < 1.29 is 0 Å². The smallest absolute Gasteiger partial charge is 0.121 e. The maximum absolute atomic E-state index is 6.20. The molecule has 2 aromatic carbocycles. The lowest BCUT2D eigenvalue weighted by Gasteiger charge is -2.15. The Labute approximate surface area is 127 Å². The highest BCUT2D eigenvalue weighted by Gasteiger charge is 2.31. The number of rotatable bonds is 1. The third-order valence-corrected chi connectivity index (χ3v) is 6.25. The molecule has 0 amide bonds. The second-order valence-corrected chi connectivity index (χ2v) is 13.0. The zero-order valence-corrected chi connectivity index (χ0v) is 13.3. The highest BCUT2D eigenvalue weighted by molar-refractivity contribution is 7.69. The zero-order chi connectivity index (χ0) is 13.5. The van der Waals surface area contributed by atoms with E-state index in [4.69, 9.17) is 33.2 Å². The monoisotopic (exact) mass is 324 g/mol. The van der Waals surface area contributed by atoms with E-state index >= 15 is 0 Å². The lowest BCUT2D eigenvalue weighted by atomic mass is 10.00. The van der Waals surface area contributed by atoms with Crippen molar-refractivity contribution in [1.82, 2.24) is 0 Å². The summed E-state index contributed by atoms with van der Waals surface area (Å²) in [5.74, 6) is 0. The van der Waals surface area contributed by atoms with Crippen molar-refractivity contribution >= 4 is 56.6 Å². The lowest BCUT2D eigenvalue weighted by Crippen LogP contribution is -2.33. The fourth-order valence-electron chi connectivity index (χ4n) is 2.45. The van der Waals surface area contributed by atoms with Crippen LogP contribution >= 0.6 is 33.2 Å². The number of benzene rings is 2. The molecule has 0 fully saturated rings. The Morgan fingerprint density at radius 1 is 0.789 bits per heavy atom. The van der Waals surface area contributed by atoms with Gasteiger partial charge in [0.15, 0.2) is 0 Å². The van der Waals surface area contributed by atoms with Crippen LogP contribution in [0.4, 0.5) is 0 Å². The van der Waals surface area contributed by atoms with E-state index in [9.17, 15) is 0 Å². The van der Waals surface area contributed by atoms with Gasteiger partial charge < -0.3 is 0 Å². The predicted octanol–water partition coefficient (Wildman–Crippen LogP) is 4.62. The van der Waals surface area contributed by atoms with E-state index in [2.05, 4.69) is 36.4 Å². The average molecular weight is 326 g/mol. The maximum atomic E-state index is 6.20. The minimum atomic E-state index is -2.87. The van der Waals surface area contributed by atoms with Crippen molar-refractivity contribution in [3.05, 3.63) is 64.7 Å². The van der Waals surface area contributed by atoms with Gasteiger partial charge in [0.05, 0.1) is 0 Å². The molecular formula is C15H11Cl3Si. The van der Waals surface area contributed by atoms with Gasteiger partial charge in [-0.25, -0.2) is 0 Å². The topological polar surface area (TPSA) is 0 Å². The molecule has 0 aliphatic heterocycles. The first-order valence-corrected chi connectivity index (χ1v) is 11.0. The van der Waals surface area contributed by atoms with Crippen molar-refractivity contribution in [3.8, 4) is 0 Å². The maximum Gasteiger partial charge on any atom is 0.373 e. The molecule has 0 aromatic heterocycles. The Hall–Kier alpha value is -0.733. The van der Waals surface area contributed by atoms with Crippen LogP contribution in [-0.4, -0.2) is 6.00 Å². The summed E-state index contributed by atoms with van der Waals surface area (Å²) in [6.45, 7) is 0. The Balaban J connectivity index is 2.19. The van der Waals surface area contributed by atoms with Gasteiger partial charge in [0.1, 0.15) is 0 Å². The van der Waals surface area contributed by atoms with E-state index in [1.807, 2.05) is 18.2 Å². The number of hydrogen-bond acceptors (Lipinski definition) is 0. The standard InChI is InChI=1S/C15H11Cl3Si/c16-19(17,18)15-7-3-6-13-10-12-5-2-1-4-11(12)8-9-14(13)15/h1-9H,10H2. The molecule has 3 rings (SSSR count). The molecule has 0 N–H and O–H groups in total. The molecule has 1 aliphatic rings. The first-order valence-electron chi connectivity index (χ1n) is 6.01. The largest absolute Gasteiger partial charge is 0.373 e. The second-order valence-electron chi connectivity index (χ2n) is 4.59. The quantitative estimate of drug-likeness (QED) is 0.452. The van der Waals surface area contributed by atoms with Crippen molar-refractivity contribution in [1.29, 1.82) is 0 Å². The van der Waals surface area contributed by atoms with Crippen LogP contribution in [0, 0.1) is 0 Å². The minimum Gasteiger partial charge on any atom is -0.121 e. The SMILES string of the molecule is Cl[Si](Cl)(Cl)c1cccc2c1C=Cc1ccccc1C2. The fourth-order valence-corrected chi connectivity index (χ4v) is 4.76. The number of fused-ring (bicyclic) bond motifs is 2. The van der Waals surface area contributed by atoms with Crippen molar-refractivity contribution in [2.75, 3.05) is 0 Å². The Kier molecular flexibility index (Phi) is 3.48. The first kappa shape index (κ1) is 13.3. The highest BCUT2D eigenvalue weighted by atomic mass is 35.8. The Morgan fingerprint density at radius 3 is 2.32 bits per heavy atom. The summed E-state index contributed by atoms with van der Waals surface area (Å²) in [5, 5.41) is 0.874. The molecule has 96 valence electrons. The third-order valence-electron chi connectivity index (χ3n) is 3.37. The molecular weight excluding hydrogens is 315 g/mol. The van der Waals surface area contributed by atoms with Gasteiger partial charge in [-0.1, -0.05) is 54.6 Å². The van der Waals surface area contributed by atoms with Crippen LogP contribution in [0.2, 0.25) is 0 Å². The molecule has 0 unspecified atom stereocenters. The number of halogens is 3. The van der Waals surface area contributed by atoms with Gasteiger partial charge in [0, 0.05) is 0 Å². The van der Waals surface area contributed by atoms with Crippen molar-refractivity contribution in [3.63, 3.8) is 0 Å². The molecule has 0 saturated carbocycles. The molecule has 0 radical (unpaired) electrons. The molecule has 0 spiro atoms. The summed E-state index contributed by atoms with van der Waals surface area (Å²) < 4.78 is 0. The Bertz CT molecular complexity index is 657. The third kappa shape index (κ3) is 2.61. The molecule has 4 heteroatoms. The van der Waals surface area contributed by atoms with Gasteiger partial charge in [-0.3, -0.25) is 0 Å². The van der Waals surface area contributed by atoms with Crippen LogP contribution in [0.15, 0.2) is 42.5 Å². The summed E-state index contributed by atoms with van der Waals surface area (Å²) in [5.41, 5.74) is 4.83. The van der Waals surface area contributed by atoms with Crippen molar-refractivity contribution in [2.45, 2.75) is 6.42 Å². The summed E-state index contributed by atoms with van der Waals surface area (Å²) >= 11 is 18.6. The first-order chi connectivity index (χ1) is 9.05. The van der Waals surface area contributed by atoms with Crippen LogP contribution in [-0.2, 0) is 6.42 Å². The molecule has 0 heterocycles. The summed E-state index contributed by atoms with van der Waals surface area (Å²) in [4.78, 5) is 0. The van der Waals surface area contributed by atoms with E-state index in [1.165, 1.54) is 16.7 Å². The van der Waals surface area contributed by atoms with E-state index < -0.39 is 6.00 Å². The molecule has 0 atom stereocenters. The van der Waals surface area contributed by atoms with Crippen LogP contribution in [0.3, 0.4) is 0 Å². The molecule has 1 aliphatic carbocycles. The normalized spacial score (nSPS) is 13.6. The van der Waals surface area contributed by atoms with Crippen LogP contribution in [0.5, 0.6) is 0 Å². The molecule has 2 aromatic rings. The zero-order valence-electron chi connectivity index (χ0n) is 10.0. The highest BCUT2D eigenvalue weighted by Crippen LogP contribution is 2.28. The average Bonchev–Trinajstić information content (AvgIpc) is 2.55. The van der Waals surface area contributed by atoms with Gasteiger partial charge >= 0.3 is 6.00 Å². The molecule has 0 saturated heterocycles. The number of hydrogen-bond donors (Lipinski definition) is 0. The van der Waals surface area contributed by atoms with Gasteiger partial charge in [0.25, 0.3) is 0 Å². The van der Waals surface area contributed by atoms with Crippen LogP contribution < -0.4 is 5.19 Å². The van der Waals surface area contributed by atoms with Crippen LogP contribution in [0.25, 0.3) is 12.2 Å². The summed E-state index contributed by atoms with van der Waals surface area (Å²) in [6, 6.07) is 11.5. The second kappa shape index (κ2) is 4.99. The van der Waals surface area contributed by atoms with E-state index in [1.54, 1.807) is 0 Å². The molecule has 0 bridgehead atoms. The van der Waals surface area contributed by atoms with Gasteiger partial charge in [-0.05, 0) is 33.9 Å². The van der Waals surface area contributed by atoms with Gasteiger partial charge in [0.2, 0.25) is 0 Å². The van der Waals surface area contributed by atoms with Gasteiger partial charge in [-0.15, -0.1) is 33.2 Å². The summed E-state index contributed by atoms with van der Waals surface area (Å²) in [7, 11) is 0. The van der Waals surface area contributed by atoms with Crippen LogP contribution in [0.1, 0.15) is 22.3 Å². The van der Waals surface area contributed by atoms with E-state index in [0.717, 1.165) is 17.2 Å². The van der Waals surface area contributed by atoms with E-state index in [0.29, 0.717) is 0 Å². The lowest BCUT2D eigenvalue weighted by molar-refractivity contribution is 1.19. The fraction of sp³-hybridized carbons (Fsp3) is 0.0667. The van der Waals surface area contributed by atoms with Crippen molar-refractivity contribution in [2.24, 2.45) is 0 Å². The molecule has 0 nitrogen and oxygen atoms in total. The molecule has 19 heavy (non-hydrogen) atoms. The Morgan fingerprint density at radius 2 is 1.53 bits per heavy atom. The summed E-state index contributed by atoms with van der Waals surface area (Å²) in [6.07, 6.45) is 5.06. The van der Waals surface area contributed by atoms with Gasteiger partial charge in [-0.2, -0.15) is 0 Å². The minimum absolute atomic E-state index is 0.874. The van der Waals surface area contributed by atoms with E-state index in [-0.39, 0.29) is 0 Å².